The van der Waals surface area contributed by atoms with Crippen LogP contribution in [0.2, 0.25) is 0 Å². The molecule has 8 nitrogen and oxygen atoms in total. The van der Waals surface area contributed by atoms with E-state index in [-0.39, 0.29) is 37.3 Å². The Balaban J connectivity index is 1.28. The first-order valence-corrected chi connectivity index (χ1v) is 15.0. The summed E-state index contributed by atoms with van der Waals surface area (Å²) in [6, 6.07) is 24.2. The number of carboxylic acid groups (broad SMARTS) is 1. The van der Waals surface area contributed by atoms with Gasteiger partial charge in [-0.05, 0) is 66.6 Å². The molecule has 0 saturated heterocycles. The molecule has 228 valence electrons. The van der Waals surface area contributed by atoms with E-state index in [1.54, 1.807) is 12.1 Å². The molecular weight excluding hydrogens is 546 g/mol. The van der Waals surface area contributed by atoms with Crippen molar-refractivity contribution in [3.63, 3.8) is 0 Å². The van der Waals surface area contributed by atoms with Crippen LogP contribution in [0, 0.1) is 0 Å². The largest absolute Gasteiger partial charge is 0.486 e. The number of ketones is 1. The minimum atomic E-state index is -0.788. The Labute approximate surface area is 253 Å². The highest BCUT2D eigenvalue weighted by molar-refractivity contribution is 5.91. The number of esters is 1. The Bertz CT molecular complexity index is 1310. The van der Waals surface area contributed by atoms with Gasteiger partial charge in [0.2, 0.25) is 5.91 Å². The zero-order chi connectivity index (χ0) is 30.7. The van der Waals surface area contributed by atoms with Crippen molar-refractivity contribution in [2.75, 3.05) is 13.2 Å². The average molecular weight is 588 g/mol. The summed E-state index contributed by atoms with van der Waals surface area (Å²) in [5.74, 6) is -0.518. The van der Waals surface area contributed by atoms with Crippen LogP contribution in [-0.4, -0.2) is 41.9 Å². The van der Waals surface area contributed by atoms with Crippen molar-refractivity contribution < 1.29 is 33.8 Å². The summed E-state index contributed by atoms with van der Waals surface area (Å²) in [5.41, 5.74) is 3.20. The van der Waals surface area contributed by atoms with Crippen LogP contribution in [0.3, 0.4) is 0 Å². The number of hydrogen-bond donors (Lipinski definition) is 2. The molecule has 0 bridgehead atoms. The van der Waals surface area contributed by atoms with Gasteiger partial charge in [0.05, 0.1) is 5.56 Å². The number of carbonyl (C=O) groups excluding carboxylic acids is 3. The number of unbranched alkanes of at least 4 members (excludes halogenated alkanes) is 5. The van der Waals surface area contributed by atoms with Gasteiger partial charge >= 0.3 is 11.9 Å². The van der Waals surface area contributed by atoms with Crippen molar-refractivity contribution in [3.05, 3.63) is 90.0 Å². The second-order valence-electron chi connectivity index (χ2n) is 10.5. The average Bonchev–Trinajstić information content (AvgIpc) is 3.02. The van der Waals surface area contributed by atoms with Gasteiger partial charge in [0.15, 0.2) is 5.78 Å². The van der Waals surface area contributed by atoms with Crippen LogP contribution in [0.1, 0.15) is 80.1 Å². The Morgan fingerprint density at radius 2 is 1.37 bits per heavy atom. The number of hydrogen-bond acceptors (Lipinski definition) is 6. The predicted molar refractivity (Wildman–Crippen MR) is 165 cm³/mol. The van der Waals surface area contributed by atoms with Gasteiger partial charge in [0.1, 0.15) is 19.0 Å². The van der Waals surface area contributed by atoms with E-state index in [9.17, 15) is 19.2 Å². The van der Waals surface area contributed by atoms with Crippen LogP contribution >= 0.6 is 0 Å². The van der Waals surface area contributed by atoms with Gasteiger partial charge in [-0.1, -0.05) is 73.9 Å². The van der Waals surface area contributed by atoms with E-state index in [1.807, 2.05) is 66.7 Å². The lowest BCUT2D eigenvalue weighted by Gasteiger charge is -2.09. The van der Waals surface area contributed by atoms with E-state index in [2.05, 4.69) is 5.32 Å². The summed E-state index contributed by atoms with van der Waals surface area (Å²) in [4.78, 5) is 47.1. The number of carbonyl (C=O) groups is 4. The van der Waals surface area contributed by atoms with Gasteiger partial charge < -0.3 is 19.9 Å². The van der Waals surface area contributed by atoms with Gasteiger partial charge in [0, 0.05) is 25.8 Å². The summed E-state index contributed by atoms with van der Waals surface area (Å²) in [6.07, 6.45) is 6.58. The number of nitrogens with one attached hydrogen (secondary N) is 1. The zero-order valence-corrected chi connectivity index (χ0v) is 24.6. The molecule has 3 aromatic rings. The van der Waals surface area contributed by atoms with Crippen LogP contribution in [0.25, 0.3) is 11.1 Å². The van der Waals surface area contributed by atoms with Crippen molar-refractivity contribution in [1.29, 1.82) is 0 Å². The Kier molecular flexibility index (Phi) is 14.5. The van der Waals surface area contributed by atoms with Gasteiger partial charge in [-0.15, -0.1) is 0 Å². The number of rotatable bonds is 20. The van der Waals surface area contributed by atoms with Gasteiger partial charge in [0.25, 0.3) is 0 Å². The molecule has 0 spiro atoms. The predicted octanol–water partition coefficient (Wildman–Crippen LogP) is 6.76. The topological polar surface area (TPSA) is 119 Å². The van der Waals surface area contributed by atoms with E-state index in [4.69, 9.17) is 14.6 Å². The lowest BCUT2D eigenvalue weighted by Crippen LogP contribution is -2.24. The highest BCUT2D eigenvalue weighted by Gasteiger charge is 2.10. The van der Waals surface area contributed by atoms with Crippen molar-refractivity contribution in [2.45, 2.75) is 70.8 Å². The van der Waals surface area contributed by atoms with Crippen LogP contribution in [0.4, 0.5) is 0 Å². The maximum absolute atomic E-state index is 12.5. The summed E-state index contributed by atoms with van der Waals surface area (Å²) >= 11 is 0. The maximum atomic E-state index is 12.5. The smallest absolute Gasteiger partial charge is 0.338 e. The second-order valence-corrected chi connectivity index (χ2v) is 10.5. The molecule has 1 amide bonds. The number of benzene rings is 3. The minimum absolute atomic E-state index is 0.0109. The molecule has 0 fully saturated rings. The van der Waals surface area contributed by atoms with E-state index in [1.165, 1.54) is 0 Å². The second kappa shape index (κ2) is 18.9. The molecule has 0 aliphatic heterocycles. The van der Waals surface area contributed by atoms with Gasteiger partial charge in [-0.2, -0.15) is 0 Å². The molecule has 3 aromatic carbocycles. The molecule has 0 aliphatic carbocycles. The van der Waals surface area contributed by atoms with Crippen LogP contribution < -0.4 is 10.1 Å². The summed E-state index contributed by atoms with van der Waals surface area (Å²) in [7, 11) is 0. The van der Waals surface area contributed by atoms with Crippen molar-refractivity contribution >= 4 is 23.6 Å². The number of ether oxygens (including phenoxy) is 2. The molecule has 0 heterocycles. The van der Waals surface area contributed by atoms with E-state index >= 15 is 0 Å². The molecule has 0 unspecified atom stereocenters. The molecule has 0 atom stereocenters. The standard InChI is InChI=1S/C35H41NO7/c37-31(16-7-1-2-8-17-33(38)36-23-10-4-9-18-34(39)40)26-42-32-21-19-28(20-22-32)29-14-11-15-30(24-29)35(41)43-25-27-12-5-3-6-13-27/h3,5-6,11-15,19-22,24H,1-2,4,7-10,16-18,23,25-26H2,(H,36,38)(H,39,40). The number of carboxylic acids is 1. The maximum Gasteiger partial charge on any atom is 0.338 e. The van der Waals surface area contributed by atoms with Crippen LogP contribution in [0.5, 0.6) is 5.75 Å². The van der Waals surface area contributed by atoms with Gasteiger partial charge in [-0.25, -0.2) is 4.79 Å². The molecule has 43 heavy (non-hydrogen) atoms. The molecule has 0 radical (unpaired) electrons. The molecule has 0 saturated carbocycles. The highest BCUT2D eigenvalue weighted by atomic mass is 16.5. The van der Waals surface area contributed by atoms with E-state index in [0.717, 1.165) is 55.2 Å². The van der Waals surface area contributed by atoms with Crippen molar-refractivity contribution in [2.24, 2.45) is 0 Å². The molecule has 3 rings (SSSR count). The third-order valence-electron chi connectivity index (χ3n) is 6.90. The summed E-state index contributed by atoms with van der Waals surface area (Å²) in [5, 5.41) is 11.5. The number of amides is 1. The highest BCUT2D eigenvalue weighted by Crippen LogP contribution is 2.24. The molecule has 8 heteroatoms. The zero-order valence-electron chi connectivity index (χ0n) is 24.6. The van der Waals surface area contributed by atoms with Crippen LogP contribution in [-0.2, 0) is 25.7 Å². The first-order valence-electron chi connectivity index (χ1n) is 15.0. The lowest BCUT2D eigenvalue weighted by atomic mass is 10.0. The first kappa shape index (κ1) is 33.0. The number of aliphatic carboxylic acids is 1. The summed E-state index contributed by atoms with van der Waals surface area (Å²) < 4.78 is 11.1. The number of Topliss-reactive ketones (excluding diaryl/α,β-unsaturated/α-hetero) is 1. The summed E-state index contributed by atoms with van der Waals surface area (Å²) in [6.45, 7) is 0.806. The fraction of sp³-hybridized carbons (Fsp3) is 0.371. The molecular formula is C35H41NO7. The quantitative estimate of drug-likeness (QED) is 0.111. The molecule has 2 N–H and O–H groups in total. The normalized spacial score (nSPS) is 10.6. The Morgan fingerprint density at radius 3 is 2.12 bits per heavy atom. The van der Waals surface area contributed by atoms with E-state index in [0.29, 0.717) is 37.1 Å². The third-order valence-corrected chi connectivity index (χ3v) is 6.90. The minimum Gasteiger partial charge on any atom is -0.486 e. The first-order chi connectivity index (χ1) is 20.9. The van der Waals surface area contributed by atoms with Crippen LogP contribution in [0.15, 0.2) is 78.9 Å². The van der Waals surface area contributed by atoms with E-state index < -0.39 is 5.97 Å². The molecule has 0 aromatic heterocycles. The lowest BCUT2D eigenvalue weighted by molar-refractivity contribution is -0.137. The fourth-order valence-electron chi connectivity index (χ4n) is 4.47. The van der Waals surface area contributed by atoms with Crippen molar-refractivity contribution in [3.8, 4) is 16.9 Å². The van der Waals surface area contributed by atoms with Crippen molar-refractivity contribution in [1.82, 2.24) is 5.32 Å². The third kappa shape index (κ3) is 13.4. The fourth-order valence-corrected chi connectivity index (χ4v) is 4.47. The van der Waals surface area contributed by atoms with Gasteiger partial charge in [-0.3, -0.25) is 14.4 Å². The SMILES string of the molecule is O=C(O)CCCCCNC(=O)CCCCCCC(=O)COc1ccc(-c2cccc(C(=O)OCc3ccccc3)c2)cc1. The Hall–Kier alpha value is -4.46. The molecule has 0 aliphatic rings. The monoisotopic (exact) mass is 587 g/mol. The Morgan fingerprint density at radius 1 is 0.674 bits per heavy atom.